The van der Waals surface area contributed by atoms with Gasteiger partial charge in [-0.05, 0) is 26.2 Å². The largest absolute Gasteiger partial charge is 0.463 e. The highest BCUT2D eigenvalue weighted by molar-refractivity contribution is 5.81. The summed E-state index contributed by atoms with van der Waals surface area (Å²) in [6.45, 7) is 5.80. The summed E-state index contributed by atoms with van der Waals surface area (Å²) in [5.41, 5.74) is 0. The fourth-order valence-corrected chi connectivity index (χ4v) is 0.883. The van der Waals surface area contributed by atoms with E-state index in [1.807, 2.05) is 6.92 Å². The molecule has 0 heterocycles. The molecule has 0 N–H and O–H groups in total. The summed E-state index contributed by atoms with van der Waals surface area (Å²) >= 11 is 0. The van der Waals surface area contributed by atoms with Crippen LogP contribution in [-0.4, -0.2) is 25.8 Å². The van der Waals surface area contributed by atoms with Crippen molar-refractivity contribution in [3.8, 4) is 0 Å². The van der Waals surface area contributed by atoms with Crippen LogP contribution in [0.1, 0.15) is 26.2 Å². The maximum absolute atomic E-state index is 10.6. The Hall–Kier alpha value is -0.830. The molecule has 1 atom stereocenters. The molecule has 13 heavy (non-hydrogen) atoms. The first-order valence-electron chi connectivity index (χ1n) is 4.52. The SMILES string of the molecule is C=CC(=O)OCCCCC(C)OC. The molecule has 0 aromatic heterocycles. The van der Waals surface area contributed by atoms with Crippen molar-refractivity contribution in [3.63, 3.8) is 0 Å². The minimum absolute atomic E-state index is 0.287. The Kier molecular flexibility index (Phi) is 7.30. The molecule has 76 valence electrons. The van der Waals surface area contributed by atoms with Gasteiger partial charge in [0.1, 0.15) is 0 Å². The number of methoxy groups -OCH3 is 1. The van der Waals surface area contributed by atoms with Gasteiger partial charge in [-0.1, -0.05) is 6.58 Å². The molecular weight excluding hydrogens is 168 g/mol. The van der Waals surface area contributed by atoms with Gasteiger partial charge in [0, 0.05) is 13.2 Å². The Labute approximate surface area is 79.7 Å². The van der Waals surface area contributed by atoms with E-state index in [0.717, 1.165) is 19.3 Å². The molecule has 0 saturated heterocycles. The summed E-state index contributed by atoms with van der Waals surface area (Å²) in [5, 5.41) is 0. The van der Waals surface area contributed by atoms with Crippen LogP contribution < -0.4 is 0 Å². The van der Waals surface area contributed by atoms with Crippen LogP contribution in [0.3, 0.4) is 0 Å². The first kappa shape index (κ1) is 12.2. The van der Waals surface area contributed by atoms with E-state index in [2.05, 4.69) is 6.58 Å². The van der Waals surface area contributed by atoms with Crippen molar-refractivity contribution in [3.05, 3.63) is 12.7 Å². The van der Waals surface area contributed by atoms with Crippen molar-refractivity contribution >= 4 is 5.97 Å². The summed E-state index contributed by atoms with van der Waals surface area (Å²) in [4.78, 5) is 10.6. The fourth-order valence-electron chi connectivity index (χ4n) is 0.883. The Morgan fingerprint density at radius 3 is 2.77 bits per heavy atom. The second kappa shape index (κ2) is 7.80. The molecule has 0 radical (unpaired) electrons. The van der Waals surface area contributed by atoms with Crippen molar-refractivity contribution in [2.75, 3.05) is 13.7 Å². The van der Waals surface area contributed by atoms with Gasteiger partial charge in [0.2, 0.25) is 0 Å². The molecule has 0 aromatic carbocycles. The highest BCUT2D eigenvalue weighted by Gasteiger charge is 1.99. The third-order valence-electron chi connectivity index (χ3n) is 1.82. The molecule has 0 saturated carbocycles. The minimum Gasteiger partial charge on any atom is -0.463 e. The van der Waals surface area contributed by atoms with Gasteiger partial charge in [-0.3, -0.25) is 0 Å². The van der Waals surface area contributed by atoms with Gasteiger partial charge in [-0.15, -0.1) is 0 Å². The van der Waals surface area contributed by atoms with Crippen molar-refractivity contribution < 1.29 is 14.3 Å². The number of rotatable bonds is 7. The Balaban J connectivity index is 3.17. The fraction of sp³-hybridized carbons (Fsp3) is 0.700. The lowest BCUT2D eigenvalue weighted by Crippen LogP contribution is -2.06. The molecule has 0 aliphatic carbocycles. The summed E-state index contributed by atoms with van der Waals surface area (Å²) in [5.74, 6) is -0.347. The van der Waals surface area contributed by atoms with Crippen molar-refractivity contribution in [1.29, 1.82) is 0 Å². The Morgan fingerprint density at radius 2 is 2.23 bits per heavy atom. The predicted molar refractivity (Wildman–Crippen MR) is 51.5 cm³/mol. The maximum atomic E-state index is 10.6. The van der Waals surface area contributed by atoms with Gasteiger partial charge in [0.15, 0.2) is 0 Å². The second-order valence-electron chi connectivity index (χ2n) is 2.91. The highest BCUT2D eigenvalue weighted by atomic mass is 16.5. The molecule has 0 spiro atoms. The van der Waals surface area contributed by atoms with Crippen LogP contribution >= 0.6 is 0 Å². The Morgan fingerprint density at radius 1 is 1.54 bits per heavy atom. The van der Waals surface area contributed by atoms with Crippen LogP contribution in [0.25, 0.3) is 0 Å². The van der Waals surface area contributed by atoms with Gasteiger partial charge in [-0.25, -0.2) is 4.79 Å². The number of carbonyl (C=O) groups excluding carboxylic acids is 1. The lowest BCUT2D eigenvalue weighted by Gasteiger charge is -2.08. The van der Waals surface area contributed by atoms with E-state index in [1.54, 1.807) is 7.11 Å². The third-order valence-corrected chi connectivity index (χ3v) is 1.82. The monoisotopic (exact) mass is 186 g/mol. The predicted octanol–water partition coefficient (Wildman–Crippen LogP) is 1.92. The number of esters is 1. The van der Waals surface area contributed by atoms with E-state index in [0.29, 0.717) is 6.61 Å². The van der Waals surface area contributed by atoms with E-state index in [-0.39, 0.29) is 12.1 Å². The molecule has 0 aromatic rings. The number of hydrogen-bond acceptors (Lipinski definition) is 3. The van der Waals surface area contributed by atoms with E-state index in [9.17, 15) is 4.79 Å². The van der Waals surface area contributed by atoms with Crippen molar-refractivity contribution in [2.24, 2.45) is 0 Å². The lowest BCUT2D eigenvalue weighted by molar-refractivity contribution is -0.137. The van der Waals surface area contributed by atoms with Crippen LogP contribution in [0.15, 0.2) is 12.7 Å². The average Bonchev–Trinajstić information content (AvgIpc) is 2.16. The van der Waals surface area contributed by atoms with Gasteiger partial charge >= 0.3 is 5.97 Å². The van der Waals surface area contributed by atoms with Crippen LogP contribution in [-0.2, 0) is 14.3 Å². The van der Waals surface area contributed by atoms with Crippen molar-refractivity contribution in [1.82, 2.24) is 0 Å². The van der Waals surface area contributed by atoms with E-state index < -0.39 is 0 Å². The van der Waals surface area contributed by atoms with Gasteiger partial charge in [-0.2, -0.15) is 0 Å². The first-order chi connectivity index (χ1) is 6.20. The number of unbranched alkanes of at least 4 members (excludes halogenated alkanes) is 1. The summed E-state index contributed by atoms with van der Waals surface area (Å²) in [7, 11) is 1.70. The average molecular weight is 186 g/mol. The summed E-state index contributed by atoms with van der Waals surface area (Å²) in [6, 6.07) is 0. The van der Waals surface area contributed by atoms with Crippen LogP contribution in [0.2, 0.25) is 0 Å². The highest BCUT2D eigenvalue weighted by Crippen LogP contribution is 2.03. The third kappa shape index (κ3) is 7.53. The topological polar surface area (TPSA) is 35.5 Å². The van der Waals surface area contributed by atoms with Gasteiger partial charge in [0.05, 0.1) is 12.7 Å². The van der Waals surface area contributed by atoms with Crippen LogP contribution in [0.5, 0.6) is 0 Å². The molecule has 0 aliphatic rings. The zero-order chi connectivity index (χ0) is 10.1. The van der Waals surface area contributed by atoms with Crippen molar-refractivity contribution in [2.45, 2.75) is 32.3 Å². The quantitative estimate of drug-likeness (QED) is 0.346. The van der Waals surface area contributed by atoms with Crippen LogP contribution in [0, 0.1) is 0 Å². The summed E-state index contributed by atoms with van der Waals surface area (Å²) in [6.07, 6.45) is 4.36. The normalized spacial score (nSPS) is 12.2. The maximum Gasteiger partial charge on any atom is 0.330 e. The molecule has 0 bridgehead atoms. The molecule has 0 aliphatic heterocycles. The molecule has 3 nitrogen and oxygen atoms in total. The van der Waals surface area contributed by atoms with E-state index in [4.69, 9.17) is 9.47 Å². The van der Waals surface area contributed by atoms with E-state index in [1.165, 1.54) is 6.08 Å². The second-order valence-corrected chi connectivity index (χ2v) is 2.91. The molecule has 0 rings (SSSR count). The zero-order valence-electron chi connectivity index (χ0n) is 8.41. The first-order valence-corrected chi connectivity index (χ1v) is 4.52. The Bertz CT molecular complexity index is 154. The molecule has 0 amide bonds. The zero-order valence-corrected chi connectivity index (χ0v) is 8.41. The molecule has 1 unspecified atom stereocenters. The molecular formula is C10H18O3. The smallest absolute Gasteiger partial charge is 0.330 e. The standard InChI is InChI=1S/C10H18O3/c1-4-10(11)13-8-6-5-7-9(2)12-3/h4,9H,1,5-8H2,2-3H3. The number of ether oxygens (including phenoxy) is 2. The van der Waals surface area contributed by atoms with E-state index >= 15 is 0 Å². The minimum atomic E-state index is -0.347. The number of carbonyl (C=O) groups is 1. The lowest BCUT2D eigenvalue weighted by atomic mass is 10.2. The molecule has 3 heteroatoms. The molecule has 0 fully saturated rings. The van der Waals surface area contributed by atoms with Crippen LogP contribution in [0.4, 0.5) is 0 Å². The van der Waals surface area contributed by atoms with Gasteiger partial charge in [0.25, 0.3) is 0 Å². The van der Waals surface area contributed by atoms with Gasteiger partial charge < -0.3 is 9.47 Å². The summed E-state index contributed by atoms with van der Waals surface area (Å²) < 4.78 is 9.88. The number of hydrogen-bond donors (Lipinski definition) is 0.